The summed E-state index contributed by atoms with van der Waals surface area (Å²) >= 11 is 0. The van der Waals surface area contributed by atoms with Crippen LogP contribution in [0.25, 0.3) is 0 Å². The summed E-state index contributed by atoms with van der Waals surface area (Å²) in [7, 11) is 3.30. The first kappa shape index (κ1) is 19.4. The lowest BCUT2D eigenvalue weighted by Crippen LogP contribution is -2.45. The topological polar surface area (TPSA) is 54.0 Å². The van der Waals surface area contributed by atoms with Gasteiger partial charge in [-0.25, -0.2) is 0 Å². The Morgan fingerprint density at radius 1 is 1.12 bits per heavy atom. The second-order valence-corrected chi connectivity index (χ2v) is 5.90. The van der Waals surface area contributed by atoms with E-state index in [0.29, 0.717) is 12.3 Å². The molecule has 3 rings (SSSR count). The largest absolute Gasteiger partial charge is 0.504 e. The summed E-state index contributed by atoms with van der Waals surface area (Å²) in [5.74, 6) is 1.63. The molecular weight excluding hydrogens is 340 g/mol. The zero-order valence-electron chi connectivity index (χ0n) is 14.6. The summed E-state index contributed by atoms with van der Waals surface area (Å²) < 4.78 is 10.9. The lowest BCUT2D eigenvalue weighted by molar-refractivity contribution is 0.149. The Labute approximate surface area is 155 Å². The van der Waals surface area contributed by atoms with E-state index in [4.69, 9.17) is 9.47 Å². The van der Waals surface area contributed by atoms with Crippen LogP contribution in [-0.2, 0) is 6.54 Å². The highest BCUT2D eigenvalue weighted by atomic mass is 35.5. The second kappa shape index (κ2) is 8.94. The van der Waals surface area contributed by atoms with Crippen molar-refractivity contribution >= 4 is 12.4 Å². The molecule has 136 valence electrons. The minimum absolute atomic E-state index is 0. The summed E-state index contributed by atoms with van der Waals surface area (Å²) in [6, 6.07) is 13.9. The Balaban J connectivity index is 0.00000225. The van der Waals surface area contributed by atoms with Gasteiger partial charge in [-0.3, -0.25) is 4.90 Å². The molecule has 0 saturated carbocycles. The van der Waals surface area contributed by atoms with Crippen LogP contribution in [0, 0.1) is 0 Å². The van der Waals surface area contributed by atoms with E-state index >= 15 is 0 Å². The van der Waals surface area contributed by atoms with Gasteiger partial charge in [0.25, 0.3) is 0 Å². The second-order valence-electron chi connectivity index (χ2n) is 5.90. The number of benzene rings is 2. The number of piperazine rings is 1. The van der Waals surface area contributed by atoms with E-state index in [1.54, 1.807) is 20.3 Å². The van der Waals surface area contributed by atoms with Crippen LogP contribution in [0.4, 0.5) is 0 Å². The average molecular weight is 365 g/mol. The number of methoxy groups -OCH3 is 2. The third-order valence-electron chi connectivity index (χ3n) is 4.51. The highest BCUT2D eigenvalue weighted by Crippen LogP contribution is 2.35. The van der Waals surface area contributed by atoms with Crippen molar-refractivity contribution in [2.45, 2.75) is 12.6 Å². The molecule has 5 nitrogen and oxygen atoms in total. The minimum Gasteiger partial charge on any atom is -0.504 e. The average Bonchev–Trinajstić information content (AvgIpc) is 2.62. The van der Waals surface area contributed by atoms with Crippen LogP contribution in [0.2, 0.25) is 0 Å². The van der Waals surface area contributed by atoms with E-state index in [1.807, 2.05) is 30.3 Å². The smallest absolute Gasteiger partial charge is 0.164 e. The number of aromatic hydroxyl groups is 1. The molecule has 2 N–H and O–H groups in total. The molecule has 0 amide bonds. The summed E-state index contributed by atoms with van der Waals surface area (Å²) in [6.07, 6.45) is 0. The number of nitrogens with zero attached hydrogens (tertiary/aromatic N) is 1. The van der Waals surface area contributed by atoms with E-state index in [0.717, 1.165) is 30.9 Å². The maximum atomic E-state index is 10.0. The van der Waals surface area contributed by atoms with E-state index in [2.05, 4.69) is 16.3 Å². The molecule has 1 aliphatic rings. The van der Waals surface area contributed by atoms with Crippen LogP contribution in [0.1, 0.15) is 17.2 Å². The summed E-state index contributed by atoms with van der Waals surface area (Å²) in [4.78, 5) is 2.39. The lowest BCUT2D eigenvalue weighted by Gasteiger charge is -2.37. The number of rotatable bonds is 5. The molecule has 1 aliphatic heterocycles. The predicted octanol–water partition coefficient (Wildman–Crippen LogP) is 2.98. The molecule has 1 saturated heterocycles. The number of hydrogen-bond acceptors (Lipinski definition) is 5. The molecule has 0 aliphatic carbocycles. The first-order valence-corrected chi connectivity index (χ1v) is 8.17. The normalized spacial score (nSPS) is 17.6. The number of hydrogen-bond donors (Lipinski definition) is 2. The SMILES string of the molecule is COc1ccccc1C1CNCCN1Cc1cccc(O)c1OC.Cl. The summed E-state index contributed by atoms with van der Waals surface area (Å²) in [5, 5.41) is 13.5. The van der Waals surface area contributed by atoms with Crippen molar-refractivity contribution in [1.82, 2.24) is 10.2 Å². The number of nitrogens with one attached hydrogen (secondary N) is 1. The van der Waals surface area contributed by atoms with Gasteiger partial charge in [-0.05, 0) is 12.1 Å². The molecule has 1 heterocycles. The van der Waals surface area contributed by atoms with Gasteiger partial charge >= 0.3 is 0 Å². The van der Waals surface area contributed by atoms with Gasteiger partial charge in [0.1, 0.15) is 5.75 Å². The number of phenols is 1. The van der Waals surface area contributed by atoms with Crippen LogP contribution >= 0.6 is 12.4 Å². The molecule has 2 aromatic carbocycles. The Morgan fingerprint density at radius 3 is 2.68 bits per heavy atom. The molecule has 25 heavy (non-hydrogen) atoms. The predicted molar refractivity (Wildman–Crippen MR) is 101 cm³/mol. The van der Waals surface area contributed by atoms with Gasteiger partial charge in [-0.1, -0.05) is 30.3 Å². The van der Waals surface area contributed by atoms with Gasteiger partial charge < -0.3 is 19.9 Å². The first-order chi connectivity index (χ1) is 11.7. The van der Waals surface area contributed by atoms with Crippen molar-refractivity contribution in [1.29, 1.82) is 0 Å². The maximum absolute atomic E-state index is 10.0. The molecule has 2 aromatic rings. The fraction of sp³-hybridized carbons (Fsp3) is 0.368. The number of halogens is 1. The zero-order chi connectivity index (χ0) is 16.9. The highest BCUT2D eigenvalue weighted by Gasteiger charge is 2.27. The van der Waals surface area contributed by atoms with Crippen molar-refractivity contribution in [2.24, 2.45) is 0 Å². The molecule has 0 spiro atoms. The van der Waals surface area contributed by atoms with E-state index in [9.17, 15) is 5.11 Å². The summed E-state index contributed by atoms with van der Waals surface area (Å²) in [6.45, 7) is 3.43. The minimum atomic E-state index is 0. The first-order valence-electron chi connectivity index (χ1n) is 8.17. The van der Waals surface area contributed by atoms with Gasteiger partial charge in [0, 0.05) is 37.3 Å². The number of phenolic OH excluding ortho intramolecular Hbond substituents is 1. The van der Waals surface area contributed by atoms with E-state index in [-0.39, 0.29) is 24.2 Å². The maximum Gasteiger partial charge on any atom is 0.164 e. The van der Waals surface area contributed by atoms with Crippen molar-refractivity contribution in [3.05, 3.63) is 53.6 Å². The van der Waals surface area contributed by atoms with Gasteiger partial charge in [-0.15, -0.1) is 12.4 Å². The molecule has 0 bridgehead atoms. The molecule has 1 atom stereocenters. The van der Waals surface area contributed by atoms with Gasteiger partial charge in [0.2, 0.25) is 0 Å². The lowest BCUT2D eigenvalue weighted by atomic mass is 10.0. The number of para-hydroxylation sites is 2. The molecule has 0 aromatic heterocycles. The Hall–Kier alpha value is -1.95. The molecule has 6 heteroatoms. The highest BCUT2D eigenvalue weighted by molar-refractivity contribution is 5.85. The fourth-order valence-electron chi connectivity index (χ4n) is 3.33. The van der Waals surface area contributed by atoms with Crippen LogP contribution in [0.3, 0.4) is 0 Å². The third-order valence-corrected chi connectivity index (χ3v) is 4.51. The van der Waals surface area contributed by atoms with Gasteiger partial charge in [0.05, 0.1) is 20.3 Å². The van der Waals surface area contributed by atoms with Crippen LogP contribution in [0.5, 0.6) is 17.2 Å². The van der Waals surface area contributed by atoms with Crippen molar-refractivity contribution < 1.29 is 14.6 Å². The monoisotopic (exact) mass is 364 g/mol. The van der Waals surface area contributed by atoms with E-state index < -0.39 is 0 Å². The fourth-order valence-corrected chi connectivity index (χ4v) is 3.33. The Kier molecular flexibility index (Phi) is 6.93. The van der Waals surface area contributed by atoms with E-state index in [1.165, 1.54) is 5.56 Å². The quantitative estimate of drug-likeness (QED) is 0.854. The van der Waals surface area contributed by atoms with Crippen molar-refractivity contribution in [2.75, 3.05) is 33.9 Å². The molecular formula is C19H25ClN2O3. The van der Waals surface area contributed by atoms with Crippen LogP contribution < -0.4 is 14.8 Å². The Bertz CT molecular complexity index is 696. The van der Waals surface area contributed by atoms with Crippen LogP contribution in [-0.4, -0.2) is 43.9 Å². The third kappa shape index (κ3) is 4.18. The molecule has 0 radical (unpaired) electrons. The summed E-state index contributed by atoms with van der Waals surface area (Å²) in [5.41, 5.74) is 2.16. The zero-order valence-corrected chi connectivity index (χ0v) is 15.4. The van der Waals surface area contributed by atoms with Crippen molar-refractivity contribution in [3.63, 3.8) is 0 Å². The molecule has 1 fully saturated rings. The number of ether oxygens (including phenoxy) is 2. The van der Waals surface area contributed by atoms with Crippen LogP contribution in [0.15, 0.2) is 42.5 Å². The van der Waals surface area contributed by atoms with Gasteiger partial charge in [-0.2, -0.15) is 0 Å². The van der Waals surface area contributed by atoms with Crippen molar-refractivity contribution in [3.8, 4) is 17.2 Å². The van der Waals surface area contributed by atoms with Gasteiger partial charge in [0.15, 0.2) is 11.5 Å². The molecule has 1 unspecified atom stereocenters. The Morgan fingerprint density at radius 2 is 1.92 bits per heavy atom. The standard InChI is InChI=1S/C19H24N2O3.ClH/c1-23-18-9-4-3-7-15(18)16-12-20-10-11-21(16)13-14-6-5-8-17(22)19(14)24-2;/h3-9,16,20,22H,10-13H2,1-2H3;1H.